The first-order chi connectivity index (χ1) is 8.04. The van der Waals surface area contributed by atoms with E-state index < -0.39 is 0 Å². The van der Waals surface area contributed by atoms with Gasteiger partial charge in [-0.25, -0.2) is 4.68 Å². The lowest BCUT2D eigenvalue weighted by molar-refractivity contribution is -0.384. The van der Waals surface area contributed by atoms with Crippen molar-refractivity contribution < 1.29 is 4.92 Å². The van der Waals surface area contributed by atoms with Crippen molar-refractivity contribution in [2.45, 2.75) is 32.9 Å². The number of nitro groups is 1. The summed E-state index contributed by atoms with van der Waals surface area (Å²) >= 11 is 0. The minimum Gasteiger partial charge on any atom is -0.348 e. The number of hydrogen-bond donors (Lipinski definition) is 1. The number of aromatic nitrogens is 2. The summed E-state index contributed by atoms with van der Waals surface area (Å²) in [5.74, 6) is 0.607. The highest BCUT2D eigenvalue weighted by molar-refractivity contribution is 5.63. The van der Waals surface area contributed by atoms with E-state index in [0.717, 1.165) is 6.42 Å². The molecule has 2 heterocycles. The number of hydrogen-bond acceptors (Lipinski definition) is 5. The Morgan fingerprint density at radius 3 is 2.71 bits per heavy atom. The summed E-state index contributed by atoms with van der Waals surface area (Å²) in [6.45, 7) is 5.71. The molecular weight excluding hydrogens is 222 g/mol. The van der Waals surface area contributed by atoms with Crippen LogP contribution in [-0.2, 0) is 6.54 Å². The van der Waals surface area contributed by atoms with Crippen LogP contribution in [0.1, 0.15) is 19.0 Å². The Labute approximate surface area is 99.3 Å². The lowest BCUT2D eigenvalue weighted by Crippen LogP contribution is -2.56. The smallest absolute Gasteiger partial charge is 0.333 e. The summed E-state index contributed by atoms with van der Waals surface area (Å²) in [4.78, 5) is 12.7. The molecule has 0 spiro atoms. The monoisotopic (exact) mass is 239 g/mol. The van der Waals surface area contributed by atoms with Gasteiger partial charge in [0.15, 0.2) is 0 Å². The molecule has 0 saturated carbocycles. The van der Waals surface area contributed by atoms with Gasteiger partial charge in [-0.2, -0.15) is 5.10 Å². The van der Waals surface area contributed by atoms with E-state index in [-0.39, 0.29) is 16.7 Å². The maximum absolute atomic E-state index is 11.1. The van der Waals surface area contributed by atoms with Gasteiger partial charge in [-0.1, -0.05) is 6.92 Å². The minimum absolute atomic E-state index is 0.111. The van der Waals surface area contributed by atoms with Gasteiger partial charge in [-0.3, -0.25) is 10.1 Å². The second-order valence-corrected chi connectivity index (χ2v) is 4.40. The van der Waals surface area contributed by atoms with Gasteiger partial charge in [0.2, 0.25) is 5.82 Å². The molecule has 0 atom stereocenters. The maximum atomic E-state index is 11.1. The lowest BCUT2D eigenvalue weighted by atomic mass is 10.1. The van der Waals surface area contributed by atoms with E-state index >= 15 is 0 Å². The van der Waals surface area contributed by atoms with Crippen LogP contribution in [0.2, 0.25) is 0 Å². The SMILES string of the molecule is CCCn1nc(C)c([N+](=O)[O-])c1N1CC(N)C1. The highest BCUT2D eigenvalue weighted by Crippen LogP contribution is 2.34. The fourth-order valence-corrected chi connectivity index (χ4v) is 2.14. The van der Waals surface area contributed by atoms with Crippen molar-refractivity contribution in [2.24, 2.45) is 5.73 Å². The Kier molecular flexibility index (Phi) is 3.01. The predicted molar refractivity (Wildman–Crippen MR) is 64.1 cm³/mol. The van der Waals surface area contributed by atoms with Crippen molar-refractivity contribution in [3.05, 3.63) is 15.8 Å². The molecule has 1 saturated heterocycles. The molecule has 2 N–H and O–H groups in total. The molecule has 1 aromatic rings. The molecule has 0 aliphatic carbocycles. The van der Waals surface area contributed by atoms with E-state index in [2.05, 4.69) is 5.10 Å². The van der Waals surface area contributed by atoms with E-state index in [0.29, 0.717) is 31.1 Å². The van der Waals surface area contributed by atoms with Crippen molar-refractivity contribution in [1.29, 1.82) is 0 Å². The molecule has 1 aliphatic heterocycles. The Morgan fingerprint density at radius 2 is 2.24 bits per heavy atom. The second-order valence-electron chi connectivity index (χ2n) is 4.40. The summed E-state index contributed by atoms with van der Waals surface area (Å²) in [7, 11) is 0. The third kappa shape index (κ3) is 1.97. The van der Waals surface area contributed by atoms with Crippen LogP contribution in [0.25, 0.3) is 0 Å². The Balaban J connectivity index is 2.40. The molecule has 7 nitrogen and oxygen atoms in total. The average molecular weight is 239 g/mol. The van der Waals surface area contributed by atoms with Crippen molar-refractivity contribution >= 4 is 11.5 Å². The van der Waals surface area contributed by atoms with Gasteiger partial charge >= 0.3 is 5.69 Å². The van der Waals surface area contributed by atoms with Crippen LogP contribution in [0.5, 0.6) is 0 Å². The van der Waals surface area contributed by atoms with Crippen LogP contribution < -0.4 is 10.6 Å². The van der Waals surface area contributed by atoms with E-state index in [9.17, 15) is 10.1 Å². The van der Waals surface area contributed by atoms with Crippen LogP contribution in [0, 0.1) is 17.0 Å². The molecule has 94 valence electrons. The fraction of sp³-hybridized carbons (Fsp3) is 0.700. The standard InChI is InChI=1S/C10H17N5O2/c1-3-4-14-10(13-5-8(11)6-13)9(15(16)17)7(2)12-14/h8H,3-6,11H2,1-2H3. The molecular formula is C10H17N5O2. The third-order valence-corrected chi connectivity index (χ3v) is 2.90. The van der Waals surface area contributed by atoms with Crippen molar-refractivity contribution in [3.8, 4) is 0 Å². The first kappa shape index (κ1) is 11.8. The quantitative estimate of drug-likeness (QED) is 0.615. The normalized spacial score (nSPS) is 16.1. The fourth-order valence-electron chi connectivity index (χ4n) is 2.14. The number of nitrogens with two attached hydrogens (primary N) is 1. The summed E-state index contributed by atoms with van der Waals surface area (Å²) in [5, 5.41) is 15.3. The largest absolute Gasteiger partial charge is 0.348 e. The molecule has 1 aliphatic rings. The van der Waals surface area contributed by atoms with Gasteiger partial charge in [-0.15, -0.1) is 0 Å². The molecule has 0 amide bonds. The maximum Gasteiger partial charge on any atom is 0.333 e. The van der Waals surface area contributed by atoms with E-state index in [1.165, 1.54) is 0 Å². The first-order valence-corrected chi connectivity index (χ1v) is 5.77. The van der Waals surface area contributed by atoms with Crippen molar-refractivity contribution in [3.63, 3.8) is 0 Å². The van der Waals surface area contributed by atoms with E-state index in [1.807, 2.05) is 11.8 Å². The number of rotatable bonds is 4. The second kappa shape index (κ2) is 4.33. The van der Waals surface area contributed by atoms with Crippen molar-refractivity contribution in [1.82, 2.24) is 9.78 Å². The number of aryl methyl sites for hydroxylation is 2. The van der Waals surface area contributed by atoms with Gasteiger partial charge in [0.25, 0.3) is 0 Å². The zero-order valence-electron chi connectivity index (χ0n) is 10.1. The van der Waals surface area contributed by atoms with Gasteiger partial charge in [0.1, 0.15) is 5.69 Å². The van der Waals surface area contributed by atoms with E-state index in [1.54, 1.807) is 11.6 Å². The van der Waals surface area contributed by atoms with Crippen LogP contribution in [0.4, 0.5) is 11.5 Å². The first-order valence-electron chi connectivity index (χ1n) is 5.77. The molecule has 7 heteroatoms. The molecule has 2 rings (SSSR count). The van der Waals surface area contributed by atoms with Crippen LogP contribution in [-0.4, -0.2) is 33.8 Å². The Hall–Kier alpha value is -1.63. The molecule has 17 heavy (non-hydrogen) atoms. The van der Waals surface area contributed by atoms with Crippen LogP contribution >= 0.6 is 0 Å². The summed E-state index contributed by atoms with van der Waals surface area (Å²) < 4.78 is 1.72. The summed E-state index contributed by atoms with van der Waals surface area (Å²) in [6.07, 6.45) is 0.894. The molecule has 0 unspecified atom stereocenters. The average Bonchev–Trinajstić information content (AvgIpc) is 2.51. The zero-order chi connectivity index (χ0) is 12.6. The highest BCUT2D eigenvalue weighted by Gasteiger charge is 2.34. The minimum atomic E-state index is -0.354. The van der Waals surface area contributed by atoms with Gasteiger partial charge < -0.3 is 10.6 Å². The molecule has 1 aromatic heterocycles. The highest BCUT2D eigenvalue weighted by atomic mass is 16.6. The van der Waals surface area contributed by atoms with Crippen LogP contribution in [0.15, 0.2) is 0 Å². The Morgan fingerprint density at radius 1 is 1.59 bits per heavy atom. The predicted octanol–water partition coefficient (Wildman–Crippen LogP) is 0.657. The molecule has 1 fully saturated rings. The number of nitrogens with zero attached hydrogens (tertiary/aromatic N) is 4. The van der Waals surface area contributed by atoms with Gasteiger partial charge in [0.05, 0.1) is 4.92 Å². The van der Waals surface area contributed by atoms with Gasteiger partial charge in [0, 0.05) is 25.7 Å². The van der Waals surface area contributed by atoms with Crippen molar-refractivity contribution in [2.75, 3.05) is 18.0 Å². The summed E-state index contributed by atoms with van der Waals surface area (Å²) in [5.41, 5.74) is 6.31. The topological polar surface area (TPSA) is 90.2 Å². The Bertz CT molecular complexity index is 436. The number of anilines is 1. The molecule has 0 aromatic carbocycles. The zero-order valence-corrected chi connectivity index (χ0v) is 10.1. The lowest BCUT2D eigenvalue weighted by Gasteiger charge is -2.37. The van der Waals surface area contributed by atoms with E-state index in [4.69, 9.17) is 5.73 Å². The third-order valence-electron chi connectivity index (χ3n) is 2.90. The van der Waals surface area contributed by atoms with Gasteiger partial charge in [-0.05, 0) is 13.3 Å². The molecule has 0 radical (unpaired) electrons. The van der Waals surface area contributed by atoms with Crippen LogP contribution in [0.3, 0.4) is 0 Å². The molecule has 0 bridgehead atoms. The summed E-state index contributed by atoms with van der Waals surface area (Å²) in [6, 6.07) is 0.111.